The molecule has 2 aromatic carbocycles. The lowest BCUT2D eigenvalue weighted by molar-refractivity contribution is -0.144. The van der Waals surface area contributed by atoms with Crippen molar-refractivity contribution in [1.29, 1.82) is 0 Å². The highest BCUT2D eigenvalue weighted by molar-refractivity contribution is 6.99. The summed E-state index contributed by atoms with van der Waals surface area (Å²) >= 11 is 0. The third kappa shape index (κ3) is 10.7. The number of carbonyl (C=O) groups excluding carboxylic acids is 2. The lowest BCUT2D eigenvalue weighted by Crippen LogP contribution is -2.67. The number of allylic oxidation sites excluding steroid dienone is 1. The van der Waals surface area contributed by atoms with Gasteiger partial charge in [-0.2, -0.15) is 0 Å². The minimum Gasteiger partial charge on any atom is -0.456 e. The maximum Gasteiger partial charge on any atom is 0.330 e. The molecule has 4 atom stereocenters. The molecule has 0 aliphatic carbocycles. The van der Waals surface area contributed by atoms with Crippen molar-refractivity contribution in [2.24, 2.45) is 0 Å². The van der Waals surface area contributed by atoms with E-state index < -0.39 is 34.8 Å². The van der Waals surface area contributed by atoms with Gasteiger partial charge in [-0.15, -0.1) is 0 Å². The zero-order valence-corrected chi connectivity index (χ0v) is 33.4. The molecule has 0 saturated carbocycles. The summed E-state index contributed by atoms with van der Waals surface area (Å²) in [5.41, 5.74) is 0. The van der Waals surface area contributed by atoms with Gasteiger partial charge in [0.2, 0.25) is 0 Å². The number of hydrogen-bond donors (Lipinski definition) is 0. The molecule has 4 rings (SSSR count). The van der Waals surface area contributed by atoms with Crippen molar-refractivity contribution in [3.63, 3.8) is 0 Å². The molecule has 0 radical (unpaired) electrons. The Kier molecular flexibility index (Phi) is 13.8. The summed E-state index contributed by atoms with van der Waals surface area (Å²) in [6.07, 6.45) is 16.6. The summed E-state index contributed by atoms with van der Waals surface area (Å²) in [6.45, 7) is 17.9. The fraction of sp³-hybridized carbons (Fsp3) is 0.476. The van der Waals surface area contributed by atoms with Crippen LogP contribution in [0.3, 0.4) is 0 Å². The lowest BCUT2D eigenvalue weighted by atomic mass is 10.1. The minimum atomic E-state index is -2.88. The predicted molar refractivity (Wildman–Crippen MR) is 209 cm³/mol. The number of rotatable bonds is 7. The van der Waals surface area contributed by atoms with Gasteiger partial charge in [-0.1, -0.05) is 139 Å². The molecule has 2 heterocycles. The normalized spacial score (nSPS) is 25.2. The van der Waals surface area contributed by atoms with Gasteiger partial charge in [-0.05, 0) is 58.9 Å². The molecule has 2 aromatic rings. The van der Waals surface area contributed by atoms with Gasteiger partial charge < -0.3 is 18.3 Å². The molecule has 2 aliphatic heterocycles. The van der Waals surface area contributed by atoms with Gasteiger partial charge in [-0.25, -0.2) is 4.79 Å². The molecule has 50 heavy (non-hydrogen) atoms. The number of ether oxygens (including phenoxy) is 2. The SMILES string of the molecule is CC(C)(C)[Si](C)(C)O[C@@H]1/C=C\C[C@@H](CO[Si](c2ccccc2)(c2ccccc2)C(C)(C)C)OC(=O)/C=C\C[C@@H]2C=CC[C@@H](C/C=C/C(=O)C1)O2. The zero-order valence-electron chi connectivity index (χ0n) is 31.4. The van der Waals surface area contributed by atoms with Crippen molar-refractivity contribution < 1.29 is 27.9 Å². The zero-order chi connectivity index (χ0) is 36.4. The first-order chi connectivity index (χ1) is 23.6. The van der Waals surface area contributed by atoms with Gasteiger partial charge in [0.15, 0.2) is 14.1 Å². The van der Waals surface area contributed by atoms with E-state index in [-0.39, 0.29) is 41.1 Å². The van der Waals surface area contributed by atoms with Gasteiger partial charge in [0.1, 0.15) is 6.10 Å². The molecule has 2 aliphatic rings. The summed E-state index contributed by atoms with van der Waals surface area (Å²) < 4.78 is 26.4. The van der Waals surface area contributed by atoms with E-state index in [4.69, 9.17) is 18.3 Å². The lowest BCUT2D eigenvalue weighted by Gasteiger charge is -2.43. The summed E-state index contributed by atoms with van der Waals surface area (Å²) in [5, 5.41) is 2.07. The molecule has 0 aromatic heterocycles. The Morgan fingerprint density at radius 3 is 1.90 bits per heavy atom. The second kappa shape index (κ2) is 17.4. The van der Waals surface area contributed by atoms with Crippen LogP contribution in [0.1, 0.15) is 73.6 Å². The number of hydrogen-bond acceptors (Lipinski definition) is 6. The van der Waals surface area contributed by atoms with E-state index in [1.807, 2.05) is 42.5 Å². The second-order valence-corrected chi connectivity index (χ2v) is 25.1. The summed E-state index contributed by atoms with van der Waals surface area (Å²) in [6, 6.07) is 20.9. The maximum atomic E-state index is 13.3. The molecule has 2 bridgehead atoms. The highest BCUT2D eigenvalue weighted by Crippen LogP contribution is 2.38. The first-order valence-electron chi connectivity index (χ1n) is 18.1. The molecule has 0 N–H and O–H groups in total. The standard InChI is InChI=1S/C42H58O6Si2/c1-41(2,3)49(7,8)48-36-24-17-25-37(47-40(44)30-18-23-35-22-16-21-34(46-35)20-15-19-33(43)31-36)32-45-50(42(4,5)6,38-26-11-9-12-27-38)39-28-13-10-14-29-39/h9-19,22,24,26-30,34-37H,20-21,23,25,31-32H2,1-8H3/b19-15+,24-17-,30-18-/t34-,35+,36-,37+/m1/s1. The van der Waals surface area contributed by atoms with Crippen molar-refractivity contribution in [2.75, 3.05) is 6.61 Å². The van der Waals surface area contributed by atoms with Crippen molar-refractivity contribution in [3.05, 3.63) is 109 Å². The topological polar surface area (TPSA) is 71.1 Å². The van der Waals surface area contributed by atoms with Crippen LogP contribution < -0.4 is 10.4 Å². The third-order valence-electron chi connectivity index (χ3n) is 10.0. The molecule has 0 amide bonds. The van der Waals surface area contributed by atoms with Crippen LogP contribution in [0.5, 0.6) is 0 Å². The van der Waals surface area contributed by atoms with Crippen LogP contribution in [0.25, 0.3) is 0 Å². The quantitative estimate of drug-likeness (QED) is 0.163. The fourth-order valence-electron chi connectivity index (χ4n) is 6.35. The van der Waals surface area contributed by atoms with Gasteiger partial charge in [-0.3, -0.25) is 4.79 Å². The number of benzene rings is 2. The van der Waals surface area contributed by atoms with Crippen molar-refractivity contribution >= 4 is 38.8 Å². The molecular weight excluding hydrogens is 657 g/mol. The molecule has 270 valence electrons. The second-order valence-electron chi connectivity index (χ2n) is 16.0. The highest BCUT2D eigenvalue weighted by Gasteiger charge is 2.50. The summed E-state index contributed by atoms with van der Waals surface area (Å²) in [5.74, 6) is -0.401. The monoisotopic (exact) mass is 714 g/mol. The number of carbonyl (C=O) groups is 2. The molecule has 0 saturated heterocycles. The minimum absolute atomic E-state index is 0.0169. The summed E-state index contributed by atoms with van der Waals surface area (Å²) in [4.78, 5) is 26.6. The third-order valence-corrected chi connectivity index (χ3v) is 19.5. The van der Waals surface area contributed by atoms with Gasteiger partial charge >= 0.3 is 5.97 Å². The average molecular weight is 715 g/mol. The number of ketones is 1. The molecule has 0 unspecified atom stereocenters. The first-order valence-corrected chi connectivity index (χ1v) is 22.9. The van der Waals surface area contributed by atoms with Crippen LogP contribution in [-0.4, -0.2) is 59.4 Å². The van der Waals surface area contributed by atoms with E-state index in [2.05, 4.69) is 109 Å². The Labute approximate surface area is 302 Å². The van der Waals surface area contributed by atoms with Crippen molar-refractivity contribution in [2.45, 2.75) is 121 Å². The van der Waals surface area contributed by atoms with Crippen molar-refractivity contribution in [3.8, 4) is 0 Å². The Morgan fingerprint density at radius 1 is 0.720 bits per heavy atom. The smallest absolute Gasteiger partial charge is 0.330 e. The van der Waals surface area contributed by atoms with Crippen LogP contribution in [0.2, 0.25) is 23.2 Å². The fourth-order valence-corrected chi connectivity index (χ4v) is 12.2. The molecule has 0 spiro atoms. The first kappa shape index (κ1) is 39.6. The molecular formula is C42H58O6Si2. The van der Waals surface area contributed by atoms with E-state index in [9.17, 15) is 9.59 Å². The number of cyclic esters (lactones) is 1. The molecule has 0 fully saturated rings. The average Bonchev–Trinajstić information content (AvgIpc) is 3.04. The van der Waals surface area contributed by atoms with E-state index in [1.54, 1.807) is 6.08 Å². The van der Waals surface area contributed by atoms with E-state index in [1.165, 1.54) is 6.08 Å². The van der Waals surface area contributed by atoms with Gasteiger partial charge in [0, 0.05) is 18.9 Å². The van der Waals surface area contributed by atoms with Crippen LogP contribution >= 0.6 is 0 Å². The Morgan fingerprint density at radius 2 is 1.30 bits per heavy atom. The van der Waals surface area contributed by atoms with E-state index in [0.29, 0.717) is 19.3 Å². The largest absolute Gasteiger partial charge is 0.456 e. The van der Waals surface area contributed by atoms with Crippen LogP contribution in [-0.2, 0) is 27.9 Å². The number of esters is 1. The van der Waals surface area contributed by atoms with Crippen molar-refractivity contribution in [1.82, 2.24) is 0 Å². The van der Waals surface area contributed by atoms with Gasteiger partial charge in [0.05, 0.1) is 24.9 Å². The Balaban J connectivity index is 1.69. The molecule has 6 nitrogen and oxygen atoms in total. The Bertz CT molecular complexity index is 1480. The molecule has 8 heteroatoms. The highest BCUT2D eigenvalue weighted by atomic mass is 28.4. The predicted octanol–water partition coefficient (Wildman–Crippen LogP) is 8.39. The maximum absolute atomic E-state index is 13.3. The Hall–Kier alpha value is -3.15. The van der Waals surface area contributed by atoms with Gasteiger partial charge in [0.25, 0.3) is 8.32 Å². The van der Waals surface area contributed by atoms with Crippen LogP contribution in [0.4, 0.5) is 0 Å². The van der Waals surface area contributed by atoms with Crippen LogP contribution in [0, 0.1) is 0 Å². The van der Waals surface area contributed by atoms with E-state index in [0.717, 1.165) is 16.8 Å². The number of fused-ring (bicyclic) bond motifs is 2. The van der Waals surface area contributed by atoms with E-state index >= 15 is 0 Å². The van der Waals surface area contributed by atoms with Crippen LogP contribution in [0.15, 0.2) is 109 Å². The summed E-state index contributed by atoms with van der Waals surface area (Å²) in [7, 11) is -5.09.